The lowest BCUT2D eigenvalue weighted by Crippen LogP contribution is -2.25. The third kappa shape index (κ3) is 4.51. The Balaban J connectivity index is 1.69. The maximum absolute atomic E-state index is 13.7. The lowest BCUT2D eigenvalue weighted by molar-refractivity contribution is 0.413. The van der Waals surface area contributed by atoms with Crippen LogP contribution in [0.5, 0.6) is 5.75 Å². The van der Waals surface area contributed by atoms with Crippen LogP contribution in [0.1, 0.15) is 24.2 Å². The number of hydrogen-bond acceptors (Lipinski definition) is 4. The average Bonchev–Trinajstić information content (AvgIpc) is 3.24. The number of hydrogen-bond donors (Lipinski definition) is 1. The number of pyridine rings is 1. The van der Waals surface area contributed by atoms with E-state index in [9.17, 15) is 18.0 Å². The fourth-order valence-corrected chi connectivity index (χ4v) is 3.81. The largest absolute Gasteiger partial charge is 0.494 e. The van der Waals surface area contributed by atoms with Crippen molar-refractivity contribution in [2.75, 3.05) is 12.4 Å². The first-order valence-corrected chi connectivity index (χ1v) is 10.6. The predicted molar refractivity (Wildman–Crippen MR) is 124 cm³/mol. The molecule has 0 saturated heterocycles. The Hall–Kier alpha value is -3.72. The monoisotopic (exact) mass is 488 g/mol. The molecular weight excluding hydrogens is 469 g/mol. The lowest BCUT2D eigenvalue weighted by atomic mass is 10.1. The molecule has 0 saturated carbocycles. The first-order valence-electron chi connectivity index (χ1n) is 10.2. The molecule has 0 amide bonds. The summed E-state index contributed by atoms with van der Waals surface area (Å²) >= 11 is 6.23. The molecule has 6 nitrogen and oxygen atoms in total. The van der Waals surface area contributed by atoms with Crippen LogP contribution in [0.15, 0.2) is 59.9 Å². The van der Waals surface area contributed by atoms with E-state index in [1.54, 1.807) is 31.5 Å². The molecule has 1 N–H and O–H groups in total. The molecule has 0 fully saturated rings. The topological polar surface area (TPSA) is 61.1 Å². The number of halogens is 4. The van der Waals surface area contributed by atoms with Gasteiger partial charge in [-0.3, -0.25) is 4.79 Å². The van der Waals surface area contributed by atoms with Crippen molar-refractivity contribution >= 4 is 23.0 Å². The number of imidazole rings is 1. The van der Waals surface area contributed by atoms with Gasteiger partial charge in [0.15, 0.2) is 17.5 Å². The van der Waals surface area contributed by atoms with Gasteiger partial charge in [0.25, 0.3) is 5.56 Å². The number of nitrogens with zero attached hydrogens (tertiary/aromatic N) is 3. The second-order valence-electron chi connectivity index (χ2n) is 7.69. The van der Waals surface area contributed by atoms with Gasteiger partial charge in [0, 0.05) is 24.1 Å². The van der Waals surface area contributed by atoms with Crippen LogP contribution in [0, 0.1) is 24.4 Å². The van der Waals surface area contributed by atoms with Crippen LogP contribution < -0.4 is 15.6 Å². The summed E-state index contributed by atoms with van der Waals surface area (Å²) in [6, 6.07) is 7.60. The number of rotatable bonds is 6. The zero-order valence-electron chi connectivity index (χ0n) is 18.4. The van der Waals surface area contributed by atoms with Crippen molar-refractivity contribution < 1.29 is 17.9 Å². The number of anilines is 2. The van der Waals surface area contributed by atoms with Crippen molar-refractivity contribution in [2.45, 2.75) is 19.9 Å². The van der Waals surface area contributed by atoms with E-state index < -0.39 is 29.1 Å². The van der Waals surface area contributed by atoms with Gasteiger partial charge in [-0.15, -0.1) is 0 Å². The van der Waals surface area contributed by atoms with Crippen molar-refractivity contribution in [3.63, 3.8) is 0 Å². The minimum atomic E-state index is -1.57. The molecule has 0 unspecified atom stereocenters. The molecule has 1 atom stereocenters. The summed E-state index contributed by atoms with van der Waals surface area (Å²) in [7, 11) is 1.53. The molecule has 0 spiro atoms. The number of benzene rings is 2. The number of aromatic nitrogens is 3. The third-order valence-electron chi connectivity index (χ3n) is 5.36. The number of nitrogens with one attached hydrogen (secondary N) is 1. The lowest BCUT2D eigenvalue weighted by Gasteiger charge is -2.19. The normalized spacial score (nSPS) is 12.0. The summed E-state index contributed by atoms with van der Waals surface area (Å²) in [5.41, 5.74) is 1.87. The Kier molecular flexibility index (Phi) is 6.39. The van der Waals surface area contributed by atoms with E-state index in [0.29, 0.717) is 11.4 Å². The van der Waals surface area contributed by atoms with Gasteiger partial charge in [0.1, 0.15) is 11.4 Å². The fourth-order valence-electron chi connectivity index (χ4n) is 3.60. The number of methoxy groups -OCH3 is 1. The molecule has 2 heterocycles. The van der Waals surface area contributed by atoms with E-state index in [1.165, 1.54) is 23.9 Å². The molecule has 0 aliphatic heterocycles. The summed E-state index contributed by atoms with van der Waals surface area (Å²) in [5.74, 6) is -3.71. The van der Waals surface area contributed by atoms with Gasteiger partial charge < -0.3 is 19.2 Å². The fraction of sp³-hybridized carbons (Fsp3) is 0.167. The van der Waals surface area contributed by atoms with E-state index in [4.69, 9.17) is 16.3 Å². The Morgan fingerprint density at radius 3 is 2.41 bits per heavy atom. The highest BCUT2D eigenvalue weighted by Crippen LogP contribution is 2.29. The van der Waals surface area contributed by atoms with E-state index in [1.807, 2.05) is 17.7 Å². The molecule has 34 heavy (non-hydrogen) atoms. The highest BCUT2D eigenvalue weighted by molar-refractivity contribution is 6.30. The van der Waals surface area contributed by atoms with Crippen LogP contribution in [-0.4, -0.2) is 21.2 Å². The van der Waals surface area contributed by atoms with Crippen LogP contribution in [0.2, 0.25) is 5.02 Å². The third-order valence-corrected chi connectivity index (χ3v) is 5.57. The van der Waals surface area contributed by atoms with Gasteiger partial charge >= 0.3 is 0 Å². The second kappa shape index (κ2) is 9.26. The Morgan fingerprint density at radius 1 is 1.09 bits per heavy atom. The first kappa shape index (κ1) is 23.4. The van der Waals surface area contributed by atoms with E-state index in [2.05, 4.69) is 10.3 Å². The quantitative estimate of drug-likeness (QED) is 0.350. The predicted octanol–water partition coefficient (Wildman–Crippen LogP) is 5.77. The molecule has 2 aromatic carbocycles. The smallest absolute Gasteiger partial charge is 0.274 e. The highest BCUT2D eigenvalue weighted by atomic mass is 35.5. The van der Waals surface area contributed by atoms with Crippen LogP contribution in [-0.2, 0) is 0 Å². The van der Waals surface area contributed by atoms with Gasteiger partial charge in [-0.25, -0.2) is 18.2 Å². The standard InChI is InChI=1S/C24H20ClF3N4O2/c1-13-10-31(12-29-13)21-5-4-17(9-22(21)34-3)30-20-8-16(25)11-32(24(20)33)14(2)15-6-18(26)23(28)19(27)7-15/h4-12,14,30H,1-3H3/t14-/m0/s1. The molecule has 0 aliphatic carbocycles. The van der Waals surface area contributed by atoms with E-state index in [0.717, 1.165) is 23.5 Å². The molecule has 0 bridgehead atoms. The molecule has 10 heteroatoms. The molecule has 176 valence electrons. The van der Waals surface area contributed by atoms with Crippen LogP contribution in [0.25, 0.3) is 5.69 Å². The first-order chi connectivity index (χ1) is 16.2. The second-order valence-corrected chi connectivity index (χ2v) is 8.13. The van der Waals surface area contributed by atoms with Gasteiger partial charge in [0.05, 0.1) is 35.9 Å². The molecule has 0 aliphatic rings. The van der Waals surface area contributed by atoms with Gasteiger partial charge in [-0.05, 0) is 49.7 Å². The molecule has 4 rings (SSSR count). The molecule has 0 radical (unpaired) electrons. The van der Waals surface area contributed by atoms with Crippen LogP contribution in [0.4, 0.5) is 24.5 Å². The van der Waals surface area contributed by atoms with E-state index >= 15 is 0 Å². The molecular formula is C24H20ClF3N4O2. The zero-order valence-corrected chi connectivity index (χ0v) is 19.2. The van der Waals surface area contributed by atoms with Gasteiger partial charge in [-0.1, -0.05) is 11.6 Å². The number of aryl methyl sites for hydroxylation is 1. The Labute approximate surface area is 198 Å². The summed E-state index contributed by atoms with van der Waals surface area (Å²) in [4.78, 5) is 17.4. The SMILES string of the molecule is COc1cc(Nc2cc(Cl)cn([C@@H](C)c3cc(F)c(F)c(F)c3)c2=O)ccc1-n1cnc(C)c1. The molecule has 2 aromatic heterocycles. The van der Waals surface area contributed by atoms with Gasteiger partial charge in [0.2, 0.25) is 0 Å². The van der Waals surface area contributed by atoms with Crippen molar-refractivity contribution in [2.24, 2.45) is 0 Å². The Morgan fingerprint density at radius 2 is 1.79 bits per heavy atom. The summed E-state index contributed by atoms with van der Waals surface area (Å²) < 4.78 is 49.4. The van der Waals surface area contributed by atoms with Crippen molar-refractivity contribution in [3.05, 3.63) is 99.2 Å². The number of ether oxygens (including phenoxy) is 1. The van der Waals surface area contributed by atoms with Crippen molar-refractivity contribution in [1.29, 1.82) is 0 Å². The van der Waals surface area contributed by atoms with Crippen LogP contribution in [0.3, 0.4) is 0 Å². The van der Waals surface area contributed by atoms with Crippen molar-refractivity contribution in [1.82, 2.24) is 14.1 Å². The maximum Gasteiger partial charge on any atom is 0.274 e. The summed E-state index contributed by atoms with van der Waals surface area (Å²) in [5, 5.41) is 3.24. The minimum absolute atomic E-state index is 0.0772. The van der Waals surface area contributed by atoms with Crippen molar-refractivity contribution in [3.8, 4) is 11.4 Å². The highest BCUT2D eigenvalue weighted by Gasteiger charge is 2.18. The minimum Gasteiger partial charge on any atom is -0.494 e. The summed E-state index contributed by atoms with van der Waals surface area (Å²) in [6.45, 7) is 3.43. The maximum atomic E-state index is 13.7. The zero-order chi connectivity index (χ0) is 24.6. The molecule has 4 aromatic rings. The summed E-state index contributed by atoms with van der Waals surface area (Å²) in [6.07, 6.45) is 4.87. The van der Waals surface area contributed by atoms with Crippen LogP contribution >= 0.6 is 11.6 Å². The van der Waals surface area contributed by atoms with Gasteiger partial charge in [-0.2, -0.15) is 0 Å². The Bertz CT molecular complexity index is 1410. The average molecular weight is 489 g/mol. The van der Waals surface area contributed by atoms with E-state index in [-0.39, 0.29) is 16.3 Å².